The topological polar surface area (TPSA) is 65.1 Å². The zero-order valence-corrected chi connectivity index (χ0v) is 15.3. The van der Waals surface area contributed by atoms with Gasteiger partial charge in [0.2, 0.25) is 5.95 Å². The second kappa shape index (κ2) is 7.67. The Hall–Kier alpha value is -2.42. The van der Waals surface area contributed by atoms with Gasteiger partial charge in [-0.15, -0.1) is 0 Å². The monoisotopic (exact) mass is 381 g/mol. The maximum Gasteiger partial charge on any atom is 0.257 e. The molecule has 0 aromatic carbocycles. The highest BCUT2D eigenvalue weighted by Crippen LogP contribution is 2.23. The molecule has 6 nitrogen and oxygen atoms in total. The second-order valence-corrected chi connectivity index (χ2v) is 6.77. The van der Waals surface area contributed by atoms with Gasteiger partial charge < -0.3 is 9.88 Å². The molecule has 0 atom stereocenters. The average molecular weight is 381 g/mol. The van der Waals surface area contributed by atoms with Crippen LogP contribution in [0.1, 0.15) is 19.4 Å². The largest absolute Gasteiger partial charge is 0.354 e. The lowest BCUT2D eigenvalue weighted by molar-refractivity contribution is -0.0155. The molecule has 3 heterocycles. The first kappa shape index (κ1) is 19.3. The van der Waals surface area contributed by atoms with Crippen LogP contribution in [0.4, 0.5) is 19.0 Å². The first-order valence-electron chi connectivity index (χ1n) is 8.87. The van der Waals surface area contributed by atoms with E-state index in [9.17, 15) is 18.0 Å². The van der Waals surface area contributed by atoms with Crippen molar-refractivity contribution in [3.05, 3.63) is 40.2 Å². The van der Waals surface area contributed by atoms with Crippen LogP contribution in [0, 0.1) is 5.95 Å². The summed E-state index contributed by atoms with van der Waals surface area (Å²) >= 11 is 0. The summed E-state index contributed by atoms with van der Waals surface area (Å²) in [5.41, 5.74) is 0.674. The zero-order chi connectivity index (χ0) is 19.6. The molecule has 2 aromatic rings. The highest BCUT2D eigenvalue weighted by Gasteiger charge is 2.29. The van der Waals surface area contributed by atoms with E-state index >= 15 is 0 Å². The summed E-state index contributed by atoms with van der Waals surface area (Å²) in [4.78, 5) is 26.9. The van der Waals surface area contributed by atoms with Crippen LogP contribution in [-0.4, -0.2) is 58.5 Å². The van der Waals surface area contributed by atoms with Gasteiger partial charge in [0.05, 0.1) is 12.1 Å². The van der Waals surface area contributed by atoms with E-state index in [-0.39, 0.29) is 17.9 Å². The van der Waals surface area contributed by atoms with Gasteiger partial charge in [-0.05, 0) is 12.5 Å². The van der Waals surface area contributed by atoms with E-state index in [0.29, 0.717) is 49.5 Å². The number of halogens is 3. The Morgan fingerprint density at radius 3 is 2.56 bits per heavy atom. The first-order valence-corrected chi connectivity index (χ1v) is 8.87. The summed E-state index contributed by atoms with van der Waals surface area (Å²) in [7, 11) is 0. The zero-order valence-electron chi connectivity index (χ0n) is 15.3. The molecular weight excluding hydrogens is 359 g/mol. The summed E-state index contributed by atoms with van der Waals surface area (Å²) in [6.45, 7) is 4.38. The van der Waals surface area contributed by atoms with E-state index in [1.807, 2.05) is 11.8 Å². The van der Waals surface area contributed by atoms with Gasteiger partial charge in [-0.1, -0.05) is 6.92 Å². The lowest BCUT2D eigenvalue weighted by Crippen LogP contribution is -2.50. The van der Waals surface area contributed by atoms with Crippen LogP contribution in [-0.2, 0) is 6.42 Å². The van der Waals surface area contributed by atoms with Crippen molar-refractivity contribution in [3.63, 3.8) is 0 Å². The van der Waals surface area contributed by atoms with Crippen molar-refractivity contribution in [2.45, 2.75) is 26.2 Å². The Bertz CT molecular complexity index is 857. The normalized spacial score (nSPS) is 16.0. The Kier molecular flexibility index (Phi) is 5.50. The Morgan fingerprint density at radius 2 is 1.96 bits per heavy atom. The molecule has 3 rings (SSSR count). The molecule has 0 radical (unpaired) electrons. The van der Waals surface area contributed by atoms with Gasteiger partial charge in [0.15, 0.2) is 0 Å². The molecule has 0 spiro atoms. The van der Waals surface area contributed by atoms with Gasteiger partial charge in [-0.2, -0.15) is 4.39 Å². The number of rotatable bonds is 5. The van der Waals surface area contributed by atoms with Crippen LogP contribution in [0.5, 0.6) is 0 Å². The minimum atomic E-state index is -2.74. The van der Waals surface area contributed by atoms with Crippen molar-refractivity contribution in [2.24, 2.45) is 0 Å². The number of piperazine rings is 1. The summed E-state index contributed by atoms with van der Waals surface area (Å²) in [5.74, 6) is -2.62. The van der Waals surface area contributed by atoms with Crippen LogP contribution >= 0.6 is 0 Å². The smallest absolute Gasteiger partial charge is 0.257 e. The van der Waals surface area contributed by atoms with Crippen molar-refractivity contribution in [3.8, 4) is 11.4 Å². The van der Waals surface area contributed by atoms with Gasteiger partial charge >= 0.3 is 0 Å². The molecule has 0 amide bonds. The number of H-pyrrole nitrogens is 1. The van der Waals surface area contributed by atoms with E-state index in [2.05, 4.69) is 15.0 Å². The SMILES string of the molecule is CCc1c(N2CCN(CC(C)(F)F)CC2)nc(-c2ccnc(F)c2)[nH]c1=O. The molecule has 2 aromatic heterocycles. The third-order valence-electron chi connectivity index (χ3n) is 4.52. The maximum absolute atomic E-state index is 13.4. The third kappa shape index (κ3) is 4.65. The van der Waals surface area contributed by atoms with Crippen LogP contribution in [0.2, 0.25) is 0 Å². The molecule has 1 fully saturated rings. The molecule has 0 bridgehead atoms. The second-order valence-electron chi connectivity index (χ2n) is 6.77. The molecule has 0 saturated carbocycles. The predicted molar refractivity (Wildman–Crippen MR) is 96.7 cm³/mol. The Labute approximate surface area is 155 Å². The number of alkyl halides is 2. The lowest BCUT2D eigenvalue weighted by Gasteiger charge is -2.37. The highest BCUT2D eigenvalue weighted by molar-refractivity contribution is 5.58. The van der Waals surface area contributed by atoms with Crippen molar-refractivity contribution >= 4 is 5.82 Å². The molecule has 9 heteroatoms. The number of pyridine rings is 1. The molecular formula is C18H22F3N5O. The van der Waals surface area contributed by atoms with Crippen molar-refractivity contribution < 1.29 is 13.2 Å². The Balaban J connectivity index is 1.88. The summed E-state index contributed by atoms with van der Waals surface area (Å²) in [5, 5.41) is 0. The fraction of sp³-hybridized carbons (Fsp3) is 0.500. The number of nitrogens with zero attached hydrogens (tertiary/aromatic N) is 4. The summed E-state index contributed by atoms with van der Waals surface area (Å²) < 4.78 is 39.9. The lowest BCUT2D eigenvalue weighted by atomic mass is 10.1. The van der Waals surface area contributed by atoms with Crippen LogP contribution in [0.3, 0.4) is 0 Å². The molecule has 1 saturated heterocycles. The van der Waals surface area contributed by atoms with Crippen LogP contribution in [0.25, 0.3) is 11.4 Å². The summed E-state index contributed by atoms with van der Waals surface area (Å²) in [6.07, 6.45) is 1.79. The number of hydrogen-bond donors (Lipinski definition) is 1. The molecule has 0 unspecified atom stereocenters. The van der Waals surface area contributed by atoms with Crippen molar-refractivity contribution in [2.75, 3.05) is 37.6 Å². The molecule has 146 valence electrons. The number of aromatic amines is 1. The van der Waals surface area contributed by atoms with Crippen LogP contribution < -0.4 is 10.5 Å². The molecule has 1 N–H and O–H groups in total. The van der Waals surface area contributed by atoms with Crippen LogP contribution in [0.15, 0.2) is 23.1 Å². The van der Waals surface area contributed by atoms with Gasteiger partial charge in [0, 0.05) is 50.9 Å². The molecule has 1 aliphatic rings. The quantitative estimate of drug-likeness (QED) is 0.806. The number of nitrogens with one attached hydrogen (secondary N) is 1. The maximum atomic E-state index is 13.4. The van der Waals surface area contributed by atoms with Crippen molar-refractivity contribution in [1.82, 2.24) is 19.9 Å². The highest BCUT2D eigenvalue weighted by atomic mass is 19.3. The number of anilines is 1. The van der Waals surface area contributed by atoms with E-state index in [1.54, 1.807) is 11.0 Å². The molecule has 27 heavy (non-hydrogen) atoms. The average Bonchev–Trinajstić information content (AvgIpc) is 2.60. The van der Waals surface area contributed by atoms with Gasteiger partial charge in [0.25, 0.3) is 11.5 Å². The molecule has 1 aliphatic heterocycles. The van der Waals surface area contributed by atoms with Gasteiger partial charge in [-0.25, -0.2) is 18.7 Å². The third-order valence-corrected chi connectivity index (χ3v) is 4.52. The minimum absolute atomic E-state index is 0.260. The minimum Gasteiger partial charge on any atom is -0.354 e. The van der Waals surface area contributed by atoms with E-state index in [1.165, 1.54) is 12.3 Å². The summed E-state index contributed by atoms with van der Waals surface area (Å²) in [6, 6.07) is 2.77. The Morgan fingerprint density at radius 1 is 1.26 bits per heavy atom. The fourth-order valence-corrected chi connectivity index (χ4v) is 3.26. The first-order chi connectivity index (χ1) is 12.8. The predicted octanol–water partition coefficient (Wildman–Crippen LogP) is 2.31. The molecule has 0 aliphatic carbocycles. The standard InChI is InChI=1S/C18H22F3N5O/c1-3-13-16(26-8-6-25(7-9-26)11-18(2,20)21)23-15(24-17(13)27)12-4-5-22-14(19)10-12/h4-5,10H,3,6-9,11H2,1-2H3,(H,23,24,27). The van der Waals surface area contributed by atoms with Gasteiger partial charge in [0.1, 0.15) is 11.6 Å². The number of aromatic nitrogens is 3. The van der Waals surface area contributed by atoms with Gasteiger partial charge in [-0.3, -0.25) is 9.69 Å². The van der Waals surface area contributed by atoms with E-state index < -0.39 is 11.9 Å². The van der Waals surface area contributed by atoms with E-state index in [0.717, 1.165) is 6.92 Å². The van der Waals surface area contributed by atoms with Crippen molar-refractivity contribution in [1.29, 1.82) is 0 Å². The van der Waals surface area contributed by atoms with E-state index in [4.69, 9.17) is 0 Å². The fourth-order valence-electron chi connectivity index (χ4n) is 3.26. The number of hydrogen-bond acceptors (Lipinski definition) is 5.